The summed E-state index contributed by atoms with van der Waals surface area (Å²) in [6.45, 7) is 1.84. The summed E-state index contributed by atoms with van der Waals surface area (Å²) < 4.78 is 29.2. The van der Waals surface area contributed by atoms with Gasteiger partial charge in [0, 0.05) is 0 Å². The minimum atomic E-state index is -1.17. The summed E-state index contributed by atoms with van der Waals surface area (Å²) in [6.07, 6.45) is 0.0226. The van der Waals surface area contributed by atoms with Gasteiger partial charge in [-0.3, -0.25) is 4.79 Å². The molecule has 3 aromatic rings. The predicted octanol–water partition coefficient (Wildman–Crippen LogP) is 1.09. The van der Waals surface area contributed by atoms with E-state index in [4.69, 9.17) is 0 Å². The number of nitrogens with one attached hydrogen (secondary N) is 2. The van der Waals surface area contributed by atoms with Crippen LogP contribution in [-0.4, -0.2) is 33.4 Å². The number of hydrogen-bond acceptors (Lipinski definition) is 3. The van der Waals surface area contributed by atoms with Crippen molar-refractivity contribution in [1.82, 2.24) is 5.32 Å². The van der Waals surface area contributed by atoms with Crippen molar-refractivity contribution in [1.29, 1.82) is 0 Å². The molecule has 3 N–H and O–H groups in total. The van der Waals surface area contributed by atoms with Gasteiger partial charge in [-0.05, 0) is 12.1 Å². The number of aryl methyl sites for hydroxylation is 1. The van der Waals surface area contributed by atoms with Crippen LogP contribution in [0.1, 0.15) is 41.3 Å². The molecule has 1 aliphatic rings. The summed E-state index contributed by atoms with van der Waals surface area (Å²) in [5.41, 5.74) is 2.56. The fraction of sp³-hybridized carbons (Fsp3) is 0.192. The van der Waals surface area contributed by atoms with Crippen LogP contribution in [0.3, 0.4) is 0 Å². The third kappa shape index (κ3) is 5.84. The van der Waals surface area contributed by atoms with Gasteiger partial charge in [-0.2, -0.15) is 0 Å². The van der Waals surface area contributed by atoms with E-state index in [0.29, 0.717) is 15.1 Å². The molecule has 4 rings (SSSR count). The Labute approximate surface area is 211 Å². The van der Waals surface area contributed by atoms with Crippen LogP contribution in [0.5, 0.6) is 0 Å². The van der Waals surface area contributed by atoms with E-state index < -0.39 is 41.0 Å². The van der Waals surface area contributed by atoms with Crippen molar-refractivity contribution in [3.8, 4) is 0 Å². The molecule has 182 valence electrons. The van der Waals surface area contributed by atoms with E-state index >= 15 is 0 Å². The number of anilines is 1. The summed E-state index contributed by atoms with van der Waals surface area (Å²) >= 11 is 0.0691. The Morgan fingerprint density at radius 1 is 0.971 bits per heavy atom. The number of hydrogen-bond donors (Lipinski definition) is 3. The van der Waals surface area contributed by atoms with Gasteiger partial charge in [0.15, 0.2) is 0 Å². The molecule has 0 bridgehead atoms. The van der Waals surface area contributed by atoms with Crippen molar-refractivity contribution in [2.24, 2.45) is 0 Å². The third-order valence-corrected chi connectivity index (χ3v) is 8.06. The van der Waals surface area contributed by atoms with Gasteiger partial charge < -0.3 is 0 Å². The number of halogens is 3. The quantitative estimate of drug-likeness (QED) is 0.270. The molecule has 0 aliphatic carbocycles. The van der Waals surface area contributed by atoms with Crippen molar-refractivity contribution in [3.63, 3.8) is 0 Å². The Kier molecular flexibility index (Phi) is 7.44. The molecule has 1 fully saturated rings. The normalized spacial score (nSPS) is 15.5. The van der Waals surface area contributed by atoms with Crippen molar-refractivity contribution >= 4 is 23.5 Å². The minimum absolute atomic E-state index is 0.0226. The first kappa shape index (κ1) is 24.8. The fourth-order valence-corrected chi connectivity index (χ4v) is 5.49. The second-order valence-electron chi connectivity index (χ2n) is 8.13. The summed E-state index contributed by atoms with van der Waals surface area (Å²) in [5, 5.41) is 14.8. The number of carboxylic acids is 1. The van der Waals surface area contributed by atoms with E-state index in [9.17, 15) is 28.3 Å². The van der Waals surface area contributed by atoms with Crippen LogP contribution < -0.4 is 31.8 Å². The molecule has 1 saturated heterocycles. The molecule has 0 radical (unpaired) electrons. The van der Waals surface area contributed by atoms with Crippen molar-refractivity contribution in [3.05, 3.63) is 100 Å². The van der Waals surface area contributed by atoms with Crippen LogP contribution in [0.15, 0.2) is 60.7 Å². The van der Waals surface area contributed by atoms with Crippen molar-refractivity contribution in [2.75, 3.05) is 9.74 Å². The molecule has 1 aliphatic heterocycles. The van der Waals surface area contributed by atoms with Crippen LogP contribution >= 0.6 is 0 Å². The standard InChI is InChI=1S/C26H22F2IN2O4/c1-14-4-2-5-17(20-13-29-20)22(14)24(32)31-21(26(34)35)12-15-8-10-16(11-9-15)30-25(33)23-18(27)6-3-7-19(23)28/h2-11,20-21H,12-13H2,1H3,(H,30,33)(H,31,32)(H,34,35)/q-1. The number of benzene rings is 3. The van der Waals surface area contributed by atoms with Crippen molar-refractivity contribution in [2.45, 2.75) is 23.3 Å². The maximum atomic E-state index is 13.8. The number of alkyl halides is 2. The SMILES string of the molecule is Cc1cccc(C2C[I-]2)c1C(=O)NC(Cc1ccc(NC(=O)c2c(F)cccc2F)cc1)C(=O)O. The Morgan fingerprint density at radius 2 is 1.60 bits per heavy atom. The Morgan fingerprint density at radius 3 is 2.20 bits per heavy atom. The van der Waals surface area contributed by atoms with E-state index in [-0.39, 0.29) is 33.3 Å². The van der Waals surface area contributed by atoms with Gasteiger partial charge in [0.05, 0.1) is 0 Å². The number of carbonyl (C=O) groups is 3. The second kappa shape index (κ2) is 10.5. The zero-order valence-corrected chi connectivity index (χ0v) is 20.8. The summed E-state index contributed by atoms with van der Waals surface area (Å²) in [7, 11) is 0. The van der Waals surface area contributed by atoms with Crippen molar-refractivity contribution < 1.29 is 49.5 Å². The molecule has 3 aromatic carbocycles. The van der Waals surface area contributed by atoms with Crippen LogP contribution in [-0.2, 0) is 11.2 Å². The zero-order chi connectivity index (χ0) is 25.1. The van der Waals surface area contributed by atoms with Crippen LogP contribution in [0.2, 0.25) is 0 Å². The van der Waals surface area contributed by atoms with E-state index in [2.05, 4.69) is 10.6 Å². The first-order valence-electron chi connectivity index (χ1n) is 10.8. The summed E-state index contributed by atoms with van der Waals surface area (Å²) in [5.74, 6) is -4.45. The van der Waals surface area contributed by atoms with Gasteiger partial charge in [-0.15, -0.1) is 0 Å². The molecule has 2 amide bonds. The Balaban J connectivity index is 1.44. The fourth-order valence-electron chi connectivity index (χ4n) is 3.77. The van der Waals surface area contributed by atoms with Crippen LogP contribution in [0, 0.1) is 18.6 Å². The Bertz CT molecular complexity index is 1270. The summed E-state index contributed by atoms with van der Waals surface area (Å²) in [6, 6.07) is 13.9. The molecule has 0 spiro atoms. The van der Waals surface area contributed by atoms with Gasteiger partial charge in [-0.25, -0.2) is 8.78 Å². The molecule has 0 aromatic heterocycles. The zero-order valence-electron chi connectivity index (χ0n) is 18.6. The number of aliphatic carboxylic acids is 1. The number of carboxylic acid groups (broad SMARTS) is 1. The average molecular weight is 591 g/mol. The molecule has 2 unspecified atom stereocenters. The van der Waals surface area contributed by atoms with Crippen LogP contribution in [0.25, 0.3) is 0 Å². The van der Waals surface area contributed by atoms with E-state index in [1.165, 1.54) is 18.2 Å². The van der Waals surface area contributed by atoms with Gasteiger partial charge >= 0.3 is 157 Å². The number of amides is 2. The molecule has 0 saturated carbocycles. The summed E-state index contributed by atoms with van der Waals surface area (Å²) in [4.78, 5) is 37.2. The maximum absolute atomic E-state index is 13.8. The number of rotatable bonds is 8. The first-order valence-corrected chi connectivity index (χ1v) is 13.6. The van der Waals surface area contributed by atoms with E-state index in [0.717, 1.165) is 27.7 Å². The predicted molar refractivity (Wildman–Crippen MR) is 122 cm³/mol. The van der Waals surface area contributed by atoms with E-state index in [1.807, 2.05) is 25.1 Å². The topological polar surface area (TPSA) is 95.5 Å². The second-order valence-corrected chi connectivity index (χ2v) is 11.4. The molecule has 35 heavy (non-hydrogen) atoms. The molecule has 2 atom stereocenters. The molecule has 1 heterocycles. The monoisotopic (exact) mass is 591 g/mol. The molecule has 9 heteroatoms. The van der Waals surface area contributed by atoms with E-state index in [1.54, 1.807) is 12.1 Å². The molecular formula is C26H22F2IN2O4-. The molecule has 6 nitrogen and oxygen atoms in total. The average Bonchev–Trinajstić information content (AvgIpc) is 3.65. The molecular weight excluding hydrogens is 569 g/mol. The Hall–Kier alpha value is -3.34. The number of carbonyl (C=O) groups excluding carboxylic acids is 2. The van der Waals surface area contributed by atoms with Gasteiger partial charge in [-0.1, -0.05) is 6.07 Å². The van der Waals surface area contributed by atoms with Gasteiger partial charge in [0.25, 0.3) is 5.91 Å². The van der Waals surface area contributed by atoms with Crippen LogP contribution in [0.4, 0.5) is 14.5 Å². The first-order chi connectivity index (χ1) is 16.7. The van der Waals surface area contributed by atoms with Gasteiger partial charge in [0.1, 0.15) is 17.2 Å². The third-order valence-electron chi connectivity index (χ3n) is 5.62. The van der Waals surface area contributed by atoms with Gasteiger partial charge in [0.2, 0.25) is 0 Å².